The molecule has 0 saturated heterocycles. The van der Waals surface area contributed by atoms with Crippen LogP contribution in [0.2, 0.25) is 0 Å². The van der Waals surface area contributed by atoms with E-state index in [0.29, 0.717) is 19.3 Å². The number of aliphatic hydroxyl groups excluding tert-OH is 1. The molecule has 0 aliphatic heterocycles. The van der Waals surface area contributed by atoms with Crippen molar-refractivity contribution >= 4 is 29.4 Å². The van der Waals surface area contributed by atoms with Gasteiger partial charge in [0.05, 0.1) is 12.5 Å². The van der Waals surface area contributed by atoms with Gasteiger partial charge < -0.3 is 25.4 Å². The van der Waals surface area contributed by atoms with Crippen LogP contribution in [-0.2, 0) is 28.7 Å². The number of hydrogen-bond donors (Lipinski definition) is 4. The van der Waals surface area contributed by atoms with Crippen molar-refractivity contribution in [1.29, 1.82) is 0 Å². The maximum absolute atomic E-state index is 13.4. The molecule has 4 N–H and O–H groups in total. The average molecular weight is 576 g/mol. The highest BCUT2D eigenvalue weighted by molar-refractivity contribution is 5.92. The van der Waals surface area contributed by atoms with E-state index in [2.05, 4.69) is 12.2 Å². The molecule has 1 amide bonds. The number of Topliss-reactive ketones (excluding diaryl/α,β-unsaturated/α-hetero) is 1. The predicted molar refractivity (Wildman–Crippen MR) is 147 cm³/mol. The van der Waals surface area contributed by atoms with Crippen LogP contribution >= 0.6 is 0 Å². The SMILES string of the molecule is CC(C)C[C@H](NC(=O)CCC(=O)OCC(=O)[C@@]1(O)CC[C@@H]2[C@@H]3CCC4=CC(=O)CC[C@]4(C)[C@H]3[C@@H](O)C[C@@]21C)C(=O)O. The minimum Gasteiger partial charge on any atom is -0.480 e. The number of aliphatic hydroxyl groups is 2. The standard InChI is InChI=1S/C31H45NO9/c1-17(2)13-22(28(38)39)32-25(36)7-8-26(37)41-16-24(35)31(40)12-10-21-20-6-5-18-14-19(33)9-11-29(18,3)27(20)23(34)15-30(21,31)4/h14,17,20-23,27,34,40H,5-13,15-16H2,1-4H3,(H,32,36)(H,38,39)/t20-,21+,22-,23-,27+,29-,30-,31-/m0/s1. The number of hydrogen-bond acceptors (Lipinski definition) is 8. The van der Waals surface area contributed by atoms with Crippen molar-refractivity contribution < 1.29 is 44.0 Å². The number of carboxylic acid groups (broad SMARTS) is 1. The Morgan fingerprint density at radius 1 is 1.10 bits per heavy atom. The minimum atomic E-state index is -1.76. The zero-order valence-corrected chi connectivity index (χ0v) is 24.6. The number of ketones is 2. The molecule has 0 spiro atoms. The Kier molecular flexibility index (Phi) is 8.86. The van der Waals surface area contributed by atoms with Gasteiger partial charge in [0.1, 0.15) is 11.6 Å². The molecule has 0 radical (unpaired) electrons. The number of carboxylic acids is 1. The van der Waals surface area contributed by atoms with Gasteiger partial charge in [0, 0.05) is 18.3 Å². The number of ether oxygens (including phenoxy) is 1. The van der Waals surface area contributed by atoms with Crippen LogP contribution in [0.1, 0.15) is 91.9 Å². The molecule has 0 bridgehead atoms. The van der Waals surface area contributed by atoms with Crippen LogP contribution in [0.15, 0.2) is 11.6 Å². The normalized spacial score (nSPS) is 36.9. The number of amides is 1. The van der Waals surface area contributed by atoms with E-state index in [1.807, 2.05) is 20.8 Å². The molecule has 10 nitrogen and oxygen atoms in total. The zero-order chi connectivity index (χ0) is 30.3. The van der Waals surface area contributed by atoms with Crippen molar-refractivity contribution in [2.75, 3.05) is 6.61 Å². The van der Waals surface area contributed by atoms with Crippen molar-refractivity contribution in [3.63, 3.8) is 0 Å². The number of nitrogens with one attached hydrogen (secondary N) is 1. The van der Waals surface area contributed by atoms with E-state index >= 15 is 0 Å². The molecule has 4 rings (SSSR count). The second-order valence-electron chi connectivity index (χ2n) is 13.6. The first kappa shape index (κ1) is 31.3. The first-order chi connectivity index (χ1) is 19.1. The average Bonchev–Trinajstić information content (AvgIpc) is 3.16. The maximum Gasteiger partial charge on any atom is 0.326 e. The highest BCUT2D eigenvalue weighted by Crippen LogP contribution is 2.67. The molecule has 0 unspecified atom stereocenters. The Bertz CT molecular complexity index is 1130. The van der Waals surface area contributed by atoms with Gasteiger partial charge in [0.15, 0.2) is 12.4 Å². The zero-order valence-electron chi connectivity index (χ0n) is 24.6. The Balaban J connectivity index is 1.36. The lowest BCUT2D eigenvalue weighted by atomic mass is 9.45. The van der Waals surface area contributed by atoms with Gasteiger partial charge >= 0.3 is 11.9 Å². The lowest BCUT2D eigenvalue weighted by molar-refractivity contribution is -0.184. The first-order valence-electron chi connectivity index (χ1n) is 15.0. The summed E-state index contributed by atoms with van der Waals surface area (Å²) in [5, 5.41) is 35.0. The van der Waals surface area contributed by atoms with E-state index < -0.39 is 53.4 Å². The lowest BCUT2D eigenvalue weighted by Gasteiger charge is -2.60. The van der Waals surface area contributed by atoms with Gasteiger partial charge in [-0.3, -0.25) is 19.2 Å². The van der Waals surface area contributed by atoms with E-state index in [9.17, 15) is 39.3 Å². The third kappa shape index (κ3) is 5.74. The lowest BCUT2D eigenvalue weighted by Crippen LogP contribution is -2.62. The fourth-order valence-electron chi connectivity index (χ4n) is 8.66. The summed E-state index contributed by atoms with van der Waals surface area (Å²) in [5.41, 5.74) is -1.81. The van der Waals surface area contributed by atoms with Crippen molar-refractivity contribution in [3.8, 4) is 0 Å². The number of rotatable bonds is 10. The Hall–Kier alpha value is -2.59. The largest absolute Gasteiger partial charge is 0.480 e. The van der Waals surface area contributed by atoms with Gasteiger partial charge in [-0.05, 0) is 80.1 Å². The molecule has 4 aliphatic rings. The van der Waals surface area contributed by atoms with Gasteiger partial charge in [-0.25, -0.2) is 4.79 Å². The van der Waals surface area contributed by atoms with Crippen LogP contribution in [0.25, 0.3) is 0 Å². The second-order valence-corrected chi connectivity index (χ2v) is 13.6. The second kappa shape index (κ2) is 11.6. The summed E-state index contributed by atoms with van der Waals surface area (Å²) in [7, 11) is 0. The number of aliphatic carboxylic acids is 1. The summed E-state index contributed by atoms with van der Waals surface area (Å²) < 4.78 is 5.16. The summed E-state index contributed by atoms with van der Waals surface area (Å²) in [5.74, 6) is -2.89. The molecule has 10 heteroatoms. The van der Waals surface area contributed by atoms with E-state index in [0.717, 1.165) is 18.4 Å². The number of carbonyl (C=O) groups is 5. The first-order valence-corrected chi connectivity index (χ1v) is 15.0. The Morgan fingerprint density at radius 3 is 2.46 bits per heavy atom. The van der Waals surface area contributed by atoms with E-state index in [4.69, 9.17) is 4.74 Å². The topological polar surface area (TPSA) is 167 Å². The van der Waals surface area contributed by atoms with Crippen LogP contribution < -0.4 is 5.32 Å². The predicted octanol–water partition coefficient (Wildman–Crippen LogP) is 2.73. The monoisotopic (exact) mass is 575 g/mol. The van der Waals surface area contributed by atoms with Crippen molar-refractivity contribution in [2.45, 2.75) is 110 Å². The maximum atomic E-state index is 13.4. The summed E-state index contributed by atoms with van der Waals surface area (Å²) in [6.45, 7) is 7.05. The van der Waals surface area contributed by atoms with Gasteiger partial charge in [0.25, 0.3) is 0 Å². The molecule has 0 aromatic heterocycles. The molecule has 0 aromatic carbocycles. The van der Waals surface area contributed by atoms with Crippen LogP contribution in [0, 0.1) is 34.5 Å². The summed E-state index contributed by atoms with van der Waals surface area (Å²) in [4.78, 5) is 61.4. The highest BCUT2D eigenvalue weighted by atomic mass is 16.5. The fraction of sp³-hybridized carbons (Fsp3) is 0.774. The third-order valence-electron chi connectivity index (χ3n) is 10.8. The molecule has 0 aromatic rings. The third-order valence-corrected chi connectivity index (χ3v) is 10.8. The Morgan fingerprint density at radius 2 is 1.80 bits per heavy atom. The van der Waals surface area contributed by atoms with Gasteiger partial charge in [-0.2, -0.15) is 0 Å². The van der Waals surface area contributed by atoms with Crippen molar-refractivity contribution in [3.05, 3.63) is 11.6 Å². The molecule has 3 fully saturated rings. The van der Waals surface area contributed by atoms with Crippen LogP contribution in [0.3, 0.4) is 0 Å². The quantitative estimate of drug-likeness (QED) is 0.286. The van der Waals surface area contributed by atoms with Gasteiger partial charge in [-0.1, -0.05) is 33.3 Å². The van der Waals surface area contributed by atoms with Gasteiger partial charge in [0.2, 0.25) is 11.7 Å². The van der Waals surface area contributed by atoms with Crippen LogP contribution in [-0.4, -0.2) is 69.1 Å². The molecule has 4 aliphatic carbocycles. The molecule has 41 heavy (non-hydrogen) atoms. The number of esters is 1. The van der Waals surface area contributed by atoms with Crippen molar-refractivity contribution in [2.24, 2.45) is 34.5 Å². The number of carbonyl (C=O) groups excluding carboxylic acids is 4. The number of allylic oxidation sites excluding steroid dienone is 1. The molecule has 228 valence electrons. The smallest absolute Gasteiger partial charge is 0.326 e. The highest BCUT2D eigenvalue weighted by Gasteiger charge is 2.68. The molecular weight excluding hydrogens is 530 g/mol. The molecule has 0 heterocycles. The van der Waals surface area contributed by atoms with Crippen LogP contribution in [0.4, 0.5) is 0 Å². The van der Waals surface area contributed by atoms with Crippen LogP contribution in [0.5, 0.6) is 0 Å². The minimum absolute atomic E-state index is 0.00766. The molecular formula is C31H45NO9. The Labute approximate surface area is 241 Å². The van der Waals surface area contributed by atoms with Crippen molar-refractivity contribution in [1.82, 2.24) is 5.32 Å². The fourth-order valence-corrected chi connectivity index (χ4v) is 8.66. The summed E-state index contributed by atoms with van der Waals surface area (Å²) >= 11 is 0. The van der Waals surface area contributed by atoms with E-state index in [1.54, 1.807) is 6.08 Å². The summed E-state index contributed by atoms with van der Waals surface area (Å²) in [6, 6.07) is -1.05. The number of fused-ring (bicyclic) bond motifs is 5. The van der Waals surface area contributed by atoms with E-state index in [1.165, 1.54) is 0 Å². The summed E-state index contributed by atoms with van der Waals surface area (Å²) in [6.07, 6.45) is 4.47. The van der Waals surface area contributed by atoms with Gasteiger partial charge in [-0.15, -0.1) is 0 Å². The molecule has 3 saturated carbocycles. The van der Waals surface area contributed by atoms with E-state index in [-0.39, 0.29) is 67.0 Å². The molecule has 8 atom stereocenters.